The molecule has 0 aromatic rings. The second kappa shape index (κ2) is 5.21. The minimum absolute atomic E-state index is 0.328. The van der Waals surface area contributed by atoms with Gasteiger partial charge < -0.3 is 0 Å². The predicted octanol–water partition coefficient (Wildman–Crippen LogP) is 4.67. The van der Waals surface area contributed by atoms with E-state index >= 15 is 0 Å². The van der Waals surface area contributed by atoms with Gasteiger partial charge in [-0.15, -0.1) is 11.6 Å². The van der Waals surface area contributed by atoms with Gasteiger partial charge in [-0.1, -0.05) is 43.8 Å². The molecule has 80 valence electrons. The highest BCUT2D eigenvalue weighted by Crippen LogP contribution is 2.33. The van der Waals surface area contributed by atoms with Gasteiger partial charge in [-0.2, -0.15) is 0 Å². The van der Waals surface area contributed by atoms with Gasteiger partial charge in [0.15, 0.2) is 0 Å². The van der Waals surface area contributed by atoms with Crippen molar-refractivity contribution in [2.45, 2.75) is 63.2 Å². The zero-order valence-corrected chi connectivity index (χ0v) is 9.73. The lowest BCUT2D eigenvalue weighted by Crippen LogP contribution is -1.97. The molecule has 0 bridgehead atoms. The summed E-state index contributed by atoms with van der Waals surface area (Å²) in [6.07, 6.45) is 14.7. The molecule has 1 fully saturated rings. The summed E-state index contributed by atoms with van der Waals surface area (Å²) in [6, 6.07) is 0. The monoisotopic (exact) mass is 212 g/mol. The maximum atomic E-state index is 6.22. The third-order valence-electron chi connectivity index (χ3n) is 3.67. The van der Waals surface area contributed by atoms with Gasteiger partial charge in [0.1, 0.15) is 0 Å². The van der Waals surface area contributed by atoms with Gasteiger partial charge in [-0.3, -0.25) is 0 Å². The molecule has 1 heteroatoms. The Balaban J connectivity index is 1.87. The van der Waals surface area contributed by atoms with Gasteiger partial charge in [-0.25, -0.2) is 0 Å². The van der Waals surface area contributed by atoms with Gasteiger partial charge in [0, 0.05) is 0 Å². The van der Waals surface area contributed by atoms with E-state index in [9.17, 15) is 0 Å². The van der Waals surface area contributed by atoms with E-state index in [-0.39, 0.29) is 0 Å². The Bertz CT molecular complexity index is 201. The van der Waals surface area contributed by atoms with Crippen molar-refractivity contribution < 1.29 is 0 Å². The van der Waals surface area contributed by atoms with E-state index in [1.54, 1.807) is 5.57 Å². The van der Waals surface area contributed by atoms with Gasteiger partial charge in [0.2, 0.25) is 0 Å². The fourth-order valence-electron chi connectivity index (χ4n) is 2.87. The summed E-state index contributed by atoms with van der Waals surface area (Å²) >= 11 is 6.22. The minimum Gasteiger partial charge on any atom is -0.118 e. The summed E-state index contributed by atoms with van der Waals surface area (Å²) in [7, 11) is 0. The zero-order chi connectivity index (χ0) is 9.80. The molecule has 0 aromatic carbocycles. The third-order valence-corrected chi connectivity index (χ3v) is 4.01. The Kier molecular flexibility index (Phi) is 3.92. The van der Waals surface area contributed by atoms with Crippen LogP contribution in [0.4, 0.5) is 0 Å². The Labute approximate surface area is 92.7 Å². The summed E-state index contributed by atoms with van der Waals surface area (Å²) < 4.78 is 0. The summed E-state index contributed by atoms with van der Waals surface area (Å²) in [6.45, 7) is 0. The van der Waals surface area contributed by atoms with Gasteiger partial charge in [0.05, 0.1) is 5.38 Å². The minimum atomic E-state index is 0.328. The lowest BCUT2D eigenvalue weighted by atomic mass is 9.95. The zero-order valence-electron chi connectivity index (χ0n) is 8.97. The number of allylic oxidation sites excluding steroid dienone is 2. The smallest absolute Gasteiger partial charge is 0.0518 e. The van der Waals surface area contributed by atoms with Crippen molar-refractivity contribution in [3.63, 3.8) is 0 Å². The van der Waals surface area contributed by atoms with Crippen LogP contribution in [0.2, 0.25) is 0 Å². The molecule has 2 aliphatic rings. The number of hydrogen-bond acceptors (Lipinski definition) is 0. The van der Waals surface area contributed by atoms with Crippen LogP contribution >= 0.6 is 11.6 Å². The topological polar surface area (TPSA) is 0 Å². The molecule has 0 aliphatic heterocycles. The van der Waals surface area contributed by atoms with Crippen LogP contribution in [0.1, 0.15) is 57.8 Å². The highest BCUT2D eigenvalue weighted by molar-refractivity contribution is 6.21. The first-order chi connectivity index (χ1) is 6.84. The van der Waals surface area contributed by atoms with Crippen molar-refractivity contribution in [2.24, 2.45) is 5.92 Å². The Morgan fingerprint density at radius 1 is 1.07 bits per heavy atom. The van der Waals surface area contributed by atoms with Crippen molar-refractivity contribution in [3.8, 4) is 0 Å². The Hall–Kier alpha value is 0.0300. The van der Waals surface area contributed by atoms with Crippen molar-refractivity contribution in [2.75, 3.05) is 0 Å². The summed E-state index contributed by atoms with van der Waals surface area (Å²) in [4.78, 5) is 0. The first-order valence-corrected chi connectivity index (χ1v) is 6.62. The van der Waals surface area contributed by atoms with Crippen LogP contribution in [0.5, 0.6) is 0 Å². The second-order valence-corrected chi connectivity index (χ2v) is 5.50. The van der Waals surface area contributed by atoms with Crippen molar-refractivity contribution in [3.05, 3.63) is 11.6 Å². The first-order valence-electron chi connectivity index (χ1n) is 6.18. The normalized spacial score (nSPS) is 30.1. The van der Waals surface area contributed by atoms with Crippen LogP contribution in [-0.2, 0) is 0 Å². The molecule has 1 atom stereocenters. The second-order valence-electron chi connectivity index (χ2n) is 4.94. The molecule has 2 rings (SSSR count). The van der Waals surface area contributed by atoms with Crippen LogP contribution in [0.25, 0.3) is 0 Å². The predicted molar refractivity (Wildman–Crippen MR) is 62.8 cm³/mol. The van der Waals surface area contributed by atoms with Crippen LogP contribution in [-0.4, -0.2) is 5.38 Å². The highest BCUT2D eigenvalue weighted by atomic mass is 35.5. The SMILES string of the molecule is ClC1C=C(CC2CCCC2)CCCC1. The largest absolute Gasteiger partial charge is 0.118 e. The molecule has 0 saturated heterocycles. The Morgan fingerprint density at radius 3 is 2.57 bits per heavy atom. The number of alkyl halides is 1. The molecule has 0 aromatic heterocycles. The average Bonchev–Trinajstić information content (AvgIpc) is 2.56. The molecule has 0 radical (unpaired) electrons. The third kappa shape index (κ3) is 3.02. The lowest BCUT2D eigenvalue weighted by Gasteiger charge is -2.11. The van der Waals surface area contributed by atoms with Crippen LogP contribution in [0.15, 0.2) is 11.6 Å². The van der Waals surface area contributed by atoms with E-state index in [0.717, 1.165) is 5.92 Å². The van der Waals surface area contributed by atoms with E-state index in [2.05, 4.69) is 6.08 Å². The molecule has 0 spiro atoms. The fourth-order valence-corrected chi connectivity index (χ4v) is 3.20. The first kappa shape index (κ1) is 10.5. The van der Waals surface area contributed by atoms with Crippen LogP contribution < -0.4 is 0 Å². The summed E-state index contributed by atoms with van der Waals surface area (Å²) in [5.74, 6) is 0.989. The lowest BCUT2D eigenvalue weighted by molar-refractivity contribution is 0.531. The number of halogens is 1. The number of hydrogen-bond donors (Lipinski definition) is 0. The molecule has 0 N–H and O–H groups in total. The van der Waals surface area contributed by atoms with Gasteiger partial charge >= 0.3 is 0 Å². The Morgan fingerprint density at radius 2 is 1.79 bits per heavy atom. The molecule has 14 heavy (non-hydrogen) atoms. The maximum absolute atomic E-state index is 6.22. The van der Waals surface area contributed by atoms with E-state index < -0.39 is 0 Å². The van der Waals surface area contributed by atoms with E-state index in [1.807, 2.05) is 0 Å². The van der Waals surface area contributed by atoms with Crippen molar-refractivity contribution >= 4 is 11.6 Å². The molecule has 1 saturated carbocycles. The summed E-state index contributed by atoms with van der Waals surface area (Å²) in [5.41, 5.74) is 1.66. The van der Waals surface area contributed by atoms with Crippen molar-refractivity contribution in [1.29, 1.82) is 0 Å². The molecule has 1 unspecified atom stereocenters. The standard InChI is InChI=1S/C13H21Cl/c14-13-8-4-3-7-12(10-13)9-11-5-1-2-6-11/h10-11,13H,1-9H2. The molecule has 2 aliphatic carbocycles. The summed E-state index contributed by atoms with van der Waals surface area (Å²) in [5, 5.41) is 0.328. The number of rotatable bonds is 2. The van der Waals surface area contributed by atoms with E-state index in [1.165, 1.54) is 57.8 Å². The van der Waals surface area contributed by atoms with Gasteiger partial charge in [-0.05, 0) is 31.6 Å². The quantitative estimate of drug-likeness (QED) is 0.461. The van der Waals surface area contributed by atoms with Crippen LogP contribution in [0, 0.1) is 5.92 Å². The van der Waals surface area contributed by atoms with Gasteiger partial charge in [0.25, 0.3) is 0 Å². The molecule has 0 heterocycles. The highest BCUT2D eigenvalue weighted by Gasteiger charge is 2.18. The van der Waals surface area contributed by atoms with E-state index in [4.69, 9.17) is 11.6 Å². The van der Waals surface area contributed by atoms with Crippen LogP contribution in [0.3, 0.4) is 0 Å². The van der Waals surface area contributed by atoms with Crippen molar-refractivity contribution in [1.82, 2.24) is 0 Å². The molecule has 0 nitrogen and oxygen atoms in total. The van der Waals surface area contributed by atoms with E-state index in [0.29, 0.717) is 5.38 Å². The average molecular weight is 213 g/mol. The fraction of sp³-hybridized carbons (Fsp3) is 0.846. The molecule has 0 amide bonds. The molecular weight excluding hydrogens is 192 g/mol. The maximum Gasteiger partial charge on any atom is 0.0518 e. The molecular formula is C13H21Cl.